The van der Waals surface area contributed by atoms with Crippen LogP contribution in [0.15, 0.2) is 36.5 Å². The molecule has 0 amide bonds. The third kappa shape index (κ3) is 4.12. The quantitative estimate of drug-likeness (QED) is 0.864. The fraction of sp³-hybridized carbons (Fsp3) is 0.350. The van der Waals surface area contributed by atoms with Gasteiger partial charge in [0.25, 0.3) is 0 Å². The van der Waals surface area contributed by atoms with E-state index in [4.69, 9.17) is 9.47 Å². The number of nitrogens with zero attached hydrogens (tertiary/aromatic N) is 1. The molecule has 1 aromatic carbocycles. The summed E-state index contributed by atoms with van der Waals surface area (Å²) in [6.07, 6.45) is 6.58. The van der Waals surface area contributed by atoms with Gasteiger partial charge in [0.05, 0.1) is 0 Å². The molecule has 1 aliphatic heterocycles. The summed E-state index contributed by atoms with van der Waals surface area (Å²) in [4.78, 5) is 4.30. The zero-order valence-corrected chi connectivity index (χ0v) is 15.0. The molecule has 2 heterocycles. The number of pyridine rings is 1. The number of rotatable bonds is 5. The molecular formula is C20H24N2O3. The van der Waals surface area contributed by atoms with Gasteiger partial charge >= 0.3 is 0 Å². The van der Waals surface area contributed by atoms with Gasteiger partial charge in [-0.25, -0.2) is 4.98 Å². The molecule has 3 rings (SSSR count). The number of phenolic OH excluding ortho intramolecular Hbond substituents is 1. The second-order valence-electron chi connectivity index (χ2n) is 6.93. The van der Waals surface area contributed by atoms with Crippen LogP contribution in [0.1, 0.15) is 31.9 Å². The van der Waals surface area contributed by atoms with Gasteiger partial charge in [-0.2, -0.15) is 0 Å². The van der Waals surface area contributed by atoms with Crippen LogP contribution in [0, 0.1) is 0 Å². The van der Waals surface area contributed by atoms with E-state index >= 15 is 0 Å². The molecule has 0 spiro atoms. The van der Waals surface area contributed by atoms with Crippen LogP contribution in [-0.2, 0) is 6.42 Å². The number of phenols is 1. The molecule has 0 bridgehead atoms. The fourth-order valence-electron chi connectivity index (χ4n) is 2.71. The van der Waals surface area contributed by atoms with Gasteiger partial charge in [-0.1, -0.05) is 12.2 Å². The van der Waals surface area contributed by atoms with Crippen molar-refractivity contribution in [2.24, 2.45) is 0 Å². The molecule has 0 fully saturated rings. The fourth-order valence-corrected chi connectivity index (χ4v) is 2.71. The lowest BCUT2D eigenvalue weighted by molar-refractivity contribution is 0.138. The first-order valence-electron chi connectivity index (χ1n) is 8.40. The molecule has 5 nitrogen and oxygen atoms in total. The molecule has 0 unspecified atom stereocenters. The number of hydrogen-bond acceptors (Lipinski definition) is 5. The van der Waals surface area contributed by atoms with E-state index < -0.39 is 0 Å². The van der Waals surface area contributed by atoms with Crippen LogP contribution in [0.5, 0.6) is 23.1 Å². The van der Waals surface area contributed by atoms with Gasteiger partial charge in [0.15, 0.2) is 11.5 Å². The molecule has 132 valence electrons. The summed E-state index contributed by atoms with van der Waals surface area (Å²) < 4.78 is 11.6. The van der Waals surface area contributed by atoms with E-state index in [9.17, 15) is 5.11 Å². The van der Waals surface area contributed by atoms with E-state index in [0.717, 1.165) is 17.5 Å². The third-order valence-electron chi connectivity index (χ3n) is 4.15. The van der Waals surface area contributed by atoms with Crippen LogP contribution < -0.4 is 14.8 Å². The zero-order chi connectivity index (χ0) is 18.0. The van der Waals surface area contributed by atoms with Crippen LogP contribution in [0.2, 0.25) is 0 Å². The van der Waals surface area contributed by atoms with E-state index in [1.807, 2.05) is 39.1 Å². The van der Waals surface area contributed by atoms with Gasteiger partial charge in [-0.15, -0.1) is 0 Å². The van der Waals surface area contributed by atoms with Crippen molar-refractivity contribution in [3.63, 3.8) is 0 Å². The molecule has 1 atom stereocenters. The highest BCUT2D eigenvalue weighted by Crippen LogP contribution is 2.42. The molecule has 0 aliphatic carbocycles. The smallest absolute Gasteiger partial charge is 0.219 e. The Morgan fingerprint density at radius 2 is 2.16 bits per heavy atom. The van der Waals surface area contributed by atoms with E-state index in [-0.39, 0.29) is 11.4 Å². The SMILES string of the molecule is CN[C@@H](C)/C=C/c1ccc(Oc2cc3c(cc2O)OC(C)(C)C3)nc1. The number of fused-ring (bicyclic) bond motifs is 1. The summed E-state index contributed by atoms with van der Waals surface area (Å²) in [5, 5.41) is 13.3. The van der Waals surface area contributed by atoms with Crippen LogP contribution >= 0.6 is 0 Å². The van der Waals surface area contributed by atoms with Crippen molar-refractivity contribution in [3.05, 3.63) is 47.7 Å². The van der Waals surface area contributed by atoms with Gasteiger partial charge in [-0.3, -0.25) is 0 Å². The van der Waals surface area contributed by atoms with Crippen LogP contribution in [-0.4, -0.2) is 28.8 Å². The molecule has 1 aromatic heterocycles. The van der Waals surface area contributed by atoms with Crippen molar-refractivity contribution in [2.75, 3.05) is 7.05 Å². The normalized spacial score (nSPS) is 16.5. The molecule has 0 saturated heterocycles. The van der Waals surface area contributed by atoms with Crippen molar-refractivity contribution in [1.82, 2.24) is 10.3 Å². The number of ether oxygens (including phenoxy) is 2. The topological polar surface area (TPSA) is 63.6 Å². The van der Waals surface area contributed by atoms with Crippen LogP contribution in [0.25, 0.3) is 6.08 Å². The highest BCUT2D eigenvalue weighted by Gasteiger charge is 2.31. The number of hydrogen-bond donors (Lipinski definition) is 2. The summed E-state index contributed by atoms with van der Waals surface area (Å²) in [5.41, 5.74) is 1.76. The lowest BCUT2D eigenvalue weighted by Gasteiger charge is -2.16. The first kappa shape index (κ1) is 17.3. The minimum Gasteiger partial charge on any atom is -0.504 e. The molecular weight excluding hydrogens is 316 g/mol. The number of nitrogens with one attached hydrogen (secondary N) is 1. The minimum absolute atomic E-state index is 0.0464. The lowest BCUT2D eigenvalue weighted by atomic mass is 10.0. The van der Waals surface area contributed by atoms with E-state index in [0.29, 0.717) is 23.4 Å². The maximum Gasteiger partial charge on any atom is 0.219 e. The predicted molar refractivity (Wildman–Crippen MR) is 98.4 cm³/mol. The van der Waals surface area contributed by atoms with Crippen molar-refractivity contribution < 1.29 is 14.6 Å². The molecule has 0 saturated carbocycles. The number of likely N-dealkylation sites (N-methyl/N-ethyl adjacent to an activating group) is 1. The monoisotopic (exact) mass is 340 g/mol. The van der Waals surface area contributed by atoms with Crippen molar-refractivity contribution >= 4 is 6.08 Å². The standard InChI is InChI=1S/C20H24N2O3/c1-13(21-4)5-6-14-7-8-19(22-12-14)24-18-9-15-11-20(2,3)25-17(15)10-16(18)23/h5-10,12-13,21,23H,11H2,1-4H3/b6-5+/t13-/m0/s1. The summed E-state index contributed by atoms with van der Waals surface area (Å²) in [5.74, 6) is 1.58. The van der Waals surface area contributed by atoms with Crippen molar-refractivity contribution in [3.8, 4) is 23.1 Å². The Bertz CT molecular complexity index is 782. The van der Waals surface area contributed by atoms with Gasteiger partial charge in [0, 0.05) is 36.4 Å². The summed E-state index contributed by atoms with van der Waals surface area (Å²) in [7, 11) is 1.92. The Balaban J connectivity index is 1.74. The van der Waals surface area contributed by atoms with Crippen molar-refractivity contribution in [2.45, 2.75) is 38.8 Å². The lowest BCUT2D eigenvalue weighted by Crippen LogP contribution is -2.24. The molecule has 25 heavy (non-hydrogen) atoms. The van der Waals surface area contributed by atoms with E-state index in [2.05, 4.69) is 23.3 Å². The largest absolute Gasteiger partial charge is 0.504 e. The molecule has 2 N–H and O–H groups in total. The third-order valence-corrected chi connectivity index (χ3v) is 4.15. The molecule has 0 radical (unpaired) electrons. The number of aromatic hydroxyl groups is 1. The van der Waals surface area contributed by atoms with E-state index in [1.165, 1.54) is 0 Å². The Hall–Kier alpha value is -2.53. The maximum atomic E-state index is 10.2. The van der Waals surface area contributed by atoms with Gasteiger partial charge in [0.1, 0.15) is 11.4 Å². The van der Waals surface area contributed by atoms with Crippen LogP contribution in [0.4, 0.5) is 0 Å². The maximum absolute atomic E-state index is 10.2. The van der Waals surface area contributed by atoms with Crippen LogP contribution in [0.3, 0.4) is 0 Å². The first-order chi connectivity index (χ1) is 11.9. The highest BCUT2D eigenvalue weighted by molar-refractivity contribution is 5.54. The first-order valence-corrected chi connectivity index (χ1v) is 8.40. The molecule has 2 aromatic rings. The number of benzene rings is 1. The second kappa shape index (κ2) is 6.76. The Kier molecular flexibility index (Phi) is 4.68. The summed E-state index contributed by atoms with van der Waals surface area (Å²) in [6.45, 7) is 6.11. The minimum atomic E-state index is -0.260. The summed E-state index contributed by atoms with van der Waals surface area (Å²) >= 11 is 0. The zero-order valence-electron chi connectivity index (χ0n) is 15.0. The average Bonchev–Trinajstić information content (AvgIpc) is 2.87. The Morgan fingerprint density at radius 3 is 2.84 bits per heavy atom. The molecule has 1 aliphatic rings. The second-order valence-corrected chi connectivity index (χ2v) is 6.93. The van der Waals surface area contributed by atoms with Crippen molar-refractivity contribution in [1.29, 1.82) is 0 Å². The van der Waals surface area contributed by atoms with Gasteiger partial charge in [-0.05, 0) is 45.5 Å². The van der Waals surface area contributed by atoms with E-state index in [1.54, 1.807) is 18.3 Å². The van der Waals surface area contributed by atoms with Gasteiger partial charge < -0.3 is 19.9 Å². The Morgan fingerprint density at radius 1 is 1.36 bits per heavy atom. The highest BCUT2D eigenvalue weighted by atomic mass is 16.5. The van der Waals surface area contributed by atoms with Gasteiger partial charge in [0.2, 0.25) is 5.88 Å². The average molecular weight is 340 g/mol. The summed E-state index contributed by atoms with van der Waals surface area (Å²) in [6, 6.07) is 7.44. The Labute approximate surface area is 148 Å². The molecule has 5 heteroatoms. The predicted octanol–water partition coefficient (Wildman–Crippen LogP) is 3.91. The number of aromatic nitrogens is 1.